The van der Waals surface area contributed by atoms with Crippen LogP contribution < -0.4 is 10.5 Å². The lowest BCUT2D eigenvalue weighted by Crippen LogP contribution is -2.35. The summed E-state index contributed by atoms with van der Waals surface area (Å²) in [5.41, 5.74) is 2.12. The molecule has 0 atom stereocenters. The van der Waals surface area contributed by atoms with Gasteiger partial charge in [0.1, 0.15) is 0 Å². The summed E-state index contributed by atoms with van der Waals surface area (Å²) in [7, 11) is 1.37. The lowest BCUT2D eigenvalue weighted by atomic mass is 9.73. The molecule has 0 saturated heterocycles. The van der Waals surface area contributed by atoms with Crippen molar-refractivity contribution in [3.63, 3.8) is 0 Å². The molecule has 0 aromatic heterocycles. The molecule has 0 saturated carbocycles. The van der Waals surface area contributed by atoms with Gasteiger partial charge in [0.25, 0.3) is 0 Å². The number of anilines is 2. The fourth-order valence-electron chi connectivity index (χ4n) is 2.29. The zero-order chi connectivity index (χ0) is 13.2. The molecule has 0 fully saturated rings. The quantitative estimate of drug-likeness (QED) is 0.489. The van der Waals surface area contributed by atoms with E-state index in [0.29, 0.717) is 0 Å². The van der Waals surface area contributed by atoms with Crippen molar-refractivity contribution in [3.8, 4) is 0 Å². The van der Waals surface area contributed by atoms with Gasteiger partial charge >= 0.3 is 13.0 Å². The van der Waals surface area contributed by atoms with E-state index < -0.39 is 0 Å². The smallest absolute Gasteiger partial charge is 0.398 e. The van der Waals surface area contributed by atoms with Crippen molar-refractivity contribution in [3.05, 3.63) is 48.4 Å². The normalized spacial score (nSPS) is 13.2. The van der Waals surface area contributed by atoms with Crippen molar-refractivity contribution in [2.45, 2.75) is 0 Å². The fraction of sp³-hybridized carbons (Fsp3) is 0.0714. The highest BCUT2D eigenvalue weighted by molar-refractivity contribution is 6.72. The predicted molar refractivity (Wildman–Crippen MR) is 78.1 cm³/mol. The van der Waals surface area contributed by atoms with Gasteiger partial charge in [0.05, 0.1) is 7.11 Å². The van der Waals surface area contributed by atoms with Crippen LogP contribution in [0.4, 0.5) is 11.4 Å². The summed E-state index contributed by atoms with van der Waals surface area (Å²) in [5, 5.41) is 9.03. The average Bonchev–Trinajstić information content (AvgIpc) is 2.45. The van der Waals surface area contributed by atoms with Crippen molar-refractivity contribution >= 4 is 35.1 Å². The van der Waals surface area contributed by atoms with Gasteiger partial charge in [-0.05, 0) is 17.5 Å². The predicted octanol–water partition coefficient (Wildman–Crippen LogP) is 2.43. The molecule has 0 aliphatic carbocycles. The van der Waals surface area contributed by atoms with E-state index in [4.69, 9.17) is 0 Å². The highest BCUT2D eigenvalue weighted by Crippen LogP contribution is 2.33. The van der Waals surface area contributed by atoms with Crippen LogP contribution >= 0.6 is 0 Å². The number of hydrogen-bond acceptors (Lipinski definition) is 4. The molecule has 0 bridgehead atoms. The van der Waals surface area contributed by atoms with Gasteiger partial charge in [-0.2, -0.15) is 0 Å². The maximum absolute atomic E-state index is 11.1. The highest BCUT2D eigenvalue weighted by Gasteiger charge is 2.21. The van der Waals surface area contributed by atoms with Crippen LogP contribution in [0, 0.1) is 0 Å². The number of carbonyl (C=O) groups excluding carboxylic acids is 1. The zero-order valence-corrected chi connectivity index (χ0v) is 10.5. The fourth-order valence-corrected chi connectivity index (χ4v) is 2.29. The molecule has 94 valence electrons. The minimum Gasteiger partial charge on any atom is -0.466 e. The third kappa shape index (κ3) is 2.15. The lowest BCUT2D eigenvalue weighted by Gasteiger charge is -2.24. The second-order valence-corrected chi connectivity index (χ2v) is 4.36. The topological polar surface area (TPSA) is 50.4 Å². The van der Waals surface area contributed by atoms with Crippen LogP contribution in [0.15, 0.2) is 48.4 Å². The molecule has 2 N–H and O–H groups in total. The zero-order valence-electron chi connectivity index (χ0n) is 10.5. The number of esters is 1. The molecule has 1 aliphatic rings. The minimum atomic E-state index is -0.360. The lowest BCUT2D eigenvalue weighted by molar-refractivity contribution is -0.134. The second-order valence-electron chi connectivity index (χ2n) is 4.36. The Balaban J connectivity index is 1.95. The van der Waals surface area contributed by atoms with E-state index >= 15 is 0 Å². The van der Waals surface area contributed by atoms with E-state index in [2.05, 4.69) is 27.3 Å². The number of ether oxygens (including phenoxy) is 1. The van der Waals surface area contributed by atoms with E-state index in [0.717, 1.165) is 11.4 Å². The van der Waals surface area contributed by atoms with Gasteiger partial charge in [-0.15, -0.1) is 0 Å². The number of methoxy groups -OCH3 is 1. The van der Waals surface area contributed by atoms with Gasteiger partial charge < -0.3 is 15.2 Å². The first kappa shape index (κ1) is 11.7. The summed E-state index contributed by atoms with van der Waals surface area (Å²) in [6.07, 6.45) is 1.42. The summed E-state index contributed by atoms with van der Waals surface area (Å²) in [6, 6.07) is 12.3. The van der Waals surface area contributed by atoms with E-state index in [1.807, 2.05) is 24.3 Å². The summed E-state index contributed by atoms with van der Waals surface area (Å²) in [5.74, 6) is 1.39. The Morgan fingerprint density at radius 3 is 2.37 bits per heavy atom. The summed E-state index contributed by atoms with van der Waals surface area (Å²) in [4.78, 5) is 11.1. The molecule has 1 heterocycles. The molecule has 0 radical (unpaired) electrons. The molecule has 2 aromatic rings. The maximum atomic E-state index is 11.1. The Bertz CT molecular complexity index is 629. The van der Waals surface area contributed by atoms with Crippen LogP contribution in [-0.4, -0.2) is 20.1 Å². The maximum Gasteiger partial charge on any atom is 0.398 e. The third-order valence-corrected chi connectivity index (χ3v) is 3.15. The standard InChI is InChI=1S/C14H13BN2O2/c1-19-13(18)8-9-15-16-11-6-2-4-10-5-3-7-12(17-15)14(10)11/h2-9,16-17H,1H3/b9-8+. The van der Waals surface area contributed by atoms with E-state index in [1.165, 1.54) is 24.0 Å². The Kier molecular flexibility index (Phi) is 2.87. The molecule has 2 aromatic carbocycles. The number of benzene rings is 2. The van der Waals surface area contributed by atoms with Crippen LogP contribution in [0.5, 0.6) is 0 Å². The molecule has 0 spiro atoms. The van der Waals surface area contributed by atoms with Gasteiger partial charge in [0.2, 0.25) is 0 Å². The molecule has 1 aliphatic heterocycles. The van der Waals surface area contributed by atoms with Gasteiger partial charge in [0.15, 0.2) is 0 Å². The van der Waals surface area contributed by atoms with E-state index in [-0.39, 0.29) is 13.0 Å². The van der Waals surface area contributed by atoms with Crippen LogP contribution in [0.2, 0.25) is 0 Å². The van der Waals surface area contributed by atoms with Crippen molar-refractivity contribution < 1.29 is 9.53 Å². The number of rotatable bonds is 2. The molecule has 0 unspecified atom stereocenters. The van der Waals surface area contributed by atoms with Gasteiger partial charge in [0, 0.05) is 22.8 Å². The number of nitrogens with one attached hydrogen (secondary N) is 2. The molecular formula is C14H13BN2O2. The molecule has 3 rings (SSSR count). The minimum absolute atomic E-state index is 0.125. The van der Waals surface area contributed by atoms with Crippen LogP contribution in [0.25, 0.3) is 10.8 Å². The van der Waals surface area contributed by atoms with Gasteiger partial charge in [-0.3, -0.25) is 0 Å². The van der Waals surface area contributed by atoms with Crippen molar-refractivity contribution in [1.29, 1.82) is 0 Å². The number of hydrogen-bond donors (Lipinski definition) is 2. The summed E-state index contributed by atoms with van der Waals surface area (Å²) >= 11 is 0. The van der Waals surface area contributed by atoms with E-state index in [9.17, 15) is 4.79 Å². The third-order valence-electron chi connectivity index (χ3n) is 3.15. The Morgan fingerprint density at radius 1 is 1.16 bits per heavy atom. The van der Waals surface area contributed by atoms with Gasteiger partial charge in [-0.1, -0.05) is 30.2 Å². The van der Waals surface area contributed by atoms with Crippen LogP contribution in [-0.2, 0) is 9.53 Å². The molecular weight excluding hydrogens is 239 g/mol. The summed E-state index contributed by atoms with van der Waals surface area (Å²) in [6.45, 7) is -0.125. The van der Waals surface area contributed by atoms with E-state index in [1.54, 1.807) is 5.98 Å². The van der Waals surface area contributed by atoms with Crippen molar-refractivity contribution in [1.82, 2.24) is 0 Å². The molecule has 0 amide bonds. The molecule has 19 heavy (non-hydrogen) atoms. The SMILES string of the molecule is COC(=O)/C=C/B1Nc2cccc3cccc(c23)N1. The Hall–Kier alpha value is -2.43. The molecule has 5 heteroatoms. The van der Waals surface area contributed by atoms with Crippen LogP contribution in [0.1, 0.15) is 0 Å². The van der Waals surface area contributed by atoms with Crippen molar-refractivity contribution in [2.75, 3.05) is 17.6 Å². The average molecular weight is 252 g/mol. The first-order valence-electron chi connectivity index (χ1n) is 6.09. The Morgan fingerprint density at radius 2 is 1.79 bits per heavy atom. The Labute approximate surface area is 111 Å². The first-order chi connectivity index (χ1) is 9.28. The molecule has 4 nitrogen and oxygen atoms in total. The number of carbonyl (C=O) groups is 1. The van der Waals surface area contributed by atoms with Gasteiger partial charge in [-0.25, -0.2) is 4.79 Å². The second kappa shape index (κ2) is 4.68. The summed E-state index contributed by atoms with van der Waals surface area (Å²) < 4.78 is 4.59. The first-order valence-corrected chi connectivity index (χ1v) is 6.09. The monoisotopic (exact) mass is 252 g/mol. The van der Waals surface area contributed by atoms with Crippen molar-refractivity contribution in [2.24, 2.45) is 0 Å². The highest BCUT2D eigenvalue weighted by atomic mass is 16.5. The van der Waals surface area contributed by atoms with Crippen LogP contribution in [0.3, 0.4) is 0 Å². The largest absolute Gasteiger partial charge is 0.466 e.